The minimum absolute atomic E-state index is 0.0734. The first-order valence-electron chi connectivity index (χ1n) is 10.8. The summed E-state index contributed by atoms with van der Waals surface area (Å²) in [4.78, 5) is 27.6. The lowest BCUT2D eigenvalue weighted by Gasteiger charge is -2.41. The molecule has 1 saturated heterocycles. The molecule has 0 aromatic heterocycles. The predicted molar refractivity (Wildman–Crippen MR) is 111 cm³/mol. The Labute approximate surface area is 168 Å². The lowest BCUT2D eigenvalue weighted by Crippen LogP contribution is -2.48. The lowest BCUT2D eigenvalue weighted by atomic mass is 9.74. The highest BCUT2D eigenvalue weighted by atomic mass is 16.5. The second-order valence-corrected chi connectivity index (χ2v) is 8.15. The number of piperidine rings is 1. The molecule has 1 aliphatic carbocycles. The van der Waals surface area contributed by atoms with Crippen LogP contribution in [0.15, 0.2) is 42.5 Å². The fourth-order valence-electron chi connectivity index (χ4n) is 4.55. The number of esters is 1. The van der Waals surface area contributed by atoms with Crippen molar-refractivity contribution in [1.82, 2.24) is 4.90 Å². The third-order valence-electron chi connectivity index (χ3n) is 6.32. The number of rotatable bonds is 7. The quantitative estimate of drug-likeness (QED) is 0.513. The number of amides is 1. The molecule has 28 heavy (non-hydrogen) atoms. The van der Waals surface area contributed by atoms with Crippen molar-refractivity contribution in [2.75, 3.05) is 19.7 Å². The number of hydrogen-bond donors (Lipinski definition) is 0. The first-order valence-corrected chi connectivity index (χ1v) is 10.8. The van der Waals surface area contributed by atoms with E-state index in [1.165, 1.54) is 5.56 Å². The van der Waals surface area contributed by atoms with Gasteiger partial charge in [0, 0.05) is 19.0 Å². The zero-order valence-corrected chi connectivity index (χ0v) is 17.1. The van der Waals surface area contributed by atoms with Crippen molar-refractivity contribution in [2.45, 2.75) is 58.3 Å². The molecule has 1 heterocycles. The van der Waals surface area contributed by atoms with Crippen LogP contribution in [0.3, 0.4) is 0 Å². The van der Waals surface area contributed by atoms with Gasteiger partial charge >= 0.3 is 5.97 Å². The Bertz CT molecular complexity index is 674. The molecule has 0 unspecified atom stereocenters. The van der Waals surface area contributed by atoms with Gasteiger partial charge in [-0.05, 0) is 63.9 Å². The van der Waals surface area contributed by atoms with Gasteiger partial charge in [0.1, 0.15) is 0 Å². The SMILES string of the molecule is CCOC(=O)C1(CCCc2ccccc2)CCN(C(=O)[C@H]2CC=CCC2)CC1. The average Bonchev–Trinajstić information content (AvgIpc) is 2.75. The number of benzene rings is 1. The highest BCUT2D eigenvalue weighted by molar-refractivity contribution is 5.81. The normalized spacial score (nSPS) is 21.3. The molecule has 0 bridgehead atoms. The van der Waals surface area contributed by atoms with Crippen LogP contribution in [-0.2, 0) is 20.7 Å². The van der Waals surface area contributed by atoms with Gasteiger partial charge in [-0.15, -0.1) is 0 Å². The largest absolute Gasteiger partial charge is 0.466 e. The first kappa shape index (κ1) is 20.6. The Kier molecular flexibility index (Phi) is 7.30. The van der Waals surface area contributed by atoms with E-state index in [1.807, 2.05) is 17.9 Å². The second kappa shape index (κ2) is 9.90. The van der Waals surface area contributed by atoms with Crippen molar-refractivity contribution in [3.63, 3.8) is 0 Å². The van der Waals surface area contributed by atoms with Crippen LogP contribution in [0, 0.1) is 11.3 Å². The topological polar surface area (TPSA) is 46.6 Å². The fraction of sp³-hybridized carbons (Fsp3) is 0.583. The van der Waals surface area contributed by atoms with E-state index in [2.05, 4.69) is 36.4 Å². The van der Waals surface area contributed by atoms with Gasteiger partial charge in [0.25, 0.3) is 0 Å². The van der Waals surface area contributed by atoms with Crippen molar-refractivity contribution in [2.24, 2.45) is 11.3 Å². The minimum Gasteiger partial charge on any atom is -0.466 e. The van der Waals surface area contributed by atoms with Crippen LogP contribution in [-0.4, -0.2) is 36.5 Å². The van der Waals surface area contributed by atoms with Crippen LogP contribution in [0.5, 0.6) is 0 Å². The maximum atomic E-state index is 12.8. The van der Waals surface area contributed by atoms with Crippen LogP contribution in [0.1, 0.15) is 57.4 Å². The molecule has 1 atom stereocenters. The molecule has 1 fully saturated rings. The van der Waals surface area contributed by atoms with Crippen LogP contribution in [0.4, 0.5) is 0 Å². The van der Waals surface area contributed by atoms with Crippen molar-refractivity contribution >= 4 is 11.9 Å². The Morgan fingerprint density at radius 1 is 1.14 bits per heavy atom. The van der Waals surface area contributed by atoms with E-state index in [0.29, 0.717) is 19.7 Å². The summed E-state index contributed by atoms with van der Waals surface area (Å²) in [5, 5.41) is 0. The van der Waals surface area contributed by atoms with Crippen molar-refractivity contribution < 1.29 is 14.3 Å². The molecule has 1 aromatic carbocycles. The van der Waals surface area contributed by atoms with E-state index in [0.717, 1.165) is 51.4 Å². The van der Waals surface area contributed by atoms with E-state index in [1.54, 1.807) is 0 Å². The van der Waals surface area contributed by atoms with Gasteiger partial charge in [-0.1, -0.05) is 42.5 Å². The number of ether oxygens (including phenoxy) is 1. The highest BCUT2D eigenvalue weighted by Gasteiger charge is 2.43. The number of carbonyl (C=O) groups excluding carboxylic acids is 2. The smallest absolute Gasteiger partial charge is 0.312 e. The standard InChI is InChI=1S/C24H33NO3/c1-2-28-23(27)24(15-9-12-20-10-5-3-6-11-20)16-18-25(19-17-24)22(26)21-13-7-4-8-14-21/h3-7,10-11,21H,2,8-9,12-19H2,1H3/t21-/m0/s1. The summed E-state index contributed by atoms with van der Waals surface area (Å²) in [5.41, 5.74) is 0.869. The number of hydrogen-bond acceptors (Lipinski definition) is 3. The Morgan fingerprint density at radius 2 is 1.89 bits per heavy atom. The van der Waals surface area contributed by atoms with Crippen LogP contribution >= 0.6 is 0 Å². The highest BCUT2D eigenvalue weighted by Crippen LogP contribution is 2.39. The maximum absolute atomic E-state index is 12.8. The van der Waals surface area contributed by atoms with Crippen LogP contribution < -0.4 is 0 Å². The third kappa shape index (κ3) is 5.03. The first-order chi connectivity index (χ1) is 13.6. The molecular weight excluding hydrogens is 350 g/mol. The molecule has 4 nitrogen and oxygen atoms in total. The van der Waals surface area contributed by atoms with Gasteiger partial charge in [0.15, 0.2) is 0 Å². The van der Waals surface area contributed by atoms with E-state index >= 15 is 0 Å². The average molecular weight is 384 g/mol. The zero-order valence-electron chi connectivity index (χ0n) is 17.1. The van der Waals surface area contributed by atoms with Gasteiger partial charge in [-0.25, -0.2) is 0 Å². The van der Waals surface area contributed by atoms with Gasteiger partial charge in [-0.3, -0.25) is 9.59 Å². The van der Waals surface area contributed by atoms with Gasteiger partial charge in [0.05, 0.1) is 12.0 Å². The van der Waals surface area contributed by atoms with Gasteiger partial charge < -0.3 is 9.64 Å². The van der Waals surface area contributed by atoms with Crippen LogP contribution in [0.2, 0.25) is 0 Å². The Morgan fingerprint density at radius 3 is 2.54 bits per heavy atom. The number of carbonyl (C=O) groups is 2. The second-order valence-electron chi connectivity index (χ2n) is 8.15. The molecule has 0 N–H and O–H groups in total. The van der Waals surface area contributed by atoms with Crippen LogP contribution in [0.25, 0.3) is 0 Å². The molecule has 152 valence electrons. The monoisotopic (exact) mass is 383 g/mol. The fourth-order valence-corrected chi connectivity index (χ4v) is 4.55. The number of allylic oxidation sites excluding steroid dienone is 2. The third-order valence-corrected chi connectivity index (χ3v) is 6.32. The van der Waals surface area contributed by atoms with Gasteiger partial charge in [0.2, 0.25) is 5.91 Å². The van der Waals surface area contributed by atoms with Gasteiger partial charge in [-0.2, -0.15) is 0 Å². The maximum Gasteiger partial charge on any atom is 0.312 e. The zero-order chi connectivity index (χ0) is 19.8. The van der Waals surface area contributed by atoms with E-state index in [4.69, 9.17) is 4.74 Å². The summed E-state index contributed by atoms with van der Waals surface area (Å²) >= 11 is 0. The molecule has 2 aliphatic rings. The molecule has 1 aromatic rings. The molecule has 3 rings (SSSR count). The van der Waals surface area contributed by atoms with E-state index < -0.39 is 5.41 Å². The van der Waals surface area contributed by atoms with E-state index in [-0.39, 0.29) is 17.8 Å². The van der Waals surface area contributed by atoms with Crippen molar-refractivity contribution in [1.29, 1.82) is 0 Å². The summed E-state index contributed by atoms with van der Waals surface area (Å²) in [6.07, 6.45) is 11.3. The summed E-state index contributed by atoms with van der Waals surface area (Å²) < 4.78 is 5.45. The minimum atomic E-state index is -0.436. The number of likely N-dealkylation sites (tertiary alicyclic amines) is 1. The predicted octanol–water partition coefficient (Wildman–Crippen LogP) is 4.54. The van der Waals surface area contributed by atoms with Crippen molar-refractivity contribution in [3.8, 4) is 0 Å². The molecule has 4 heteroatoms. The molecule has 0 radical (unpaired) electrons. The summed E-state index contributed by atoms with van der Waals surface area (Å²) in [7, 11) is 0. The molecule has 1 amide bonds. The number of nitrogens with zero attached hydrogens (tertiary/aromatic N) is 1. The molecule has 0 spiro atoms. The summed E-state index contributed by atoms with van der Waals surface area (Å²) in [6.45, 7) is 3.62. The number of aryl methyl sites for hydroxylation is 1. The van der Waals surface area contributed by atoms with Crippen molar-refractivity contribution in [3.05, 3.63) is 48.0 Å². The summed E-state index contributed by atoms with van der Waals surface area (Å²) in [6, 6.07) is 10.4. The lowest BCUT2D eigenvalue weighted by molar-refractivity contribution is -0.161. The molecular formula is C24H33NO3. The summed E-state index contributed by atoms with van der Waals surface area (Å²) in [5.74, 6) is 0.319. The molecule has 1 aliphatic heterocycles. The Hall–Kier alpha value is -2.10. The molecule has 0 saturated carbocycles. The van der Waals surface area contributed by atoms with E-state index in [9.17, 15) is 9.59 Å². The Balaban J connectivity index is 1.59.